The number of aromatic hydroxyl groups is 1. The van der Waals surface area contributed by atoms with Crippen molar-refractivity contribution in [3.63, 3.8) is 0 Å². The molecule has 0 unspecified atom stereocenters. The van der Waals surface area contributed by atoms with Crippen molar-refractivity contribution in [3.05, 3.63) is 82.3 Å². The molecule has 0 amide bonds. The first-order valence-corrected chi connectivity index (χ1v) is 12.0. The summed E-state index contributed by atoms with van der Waals surface area (Å²) < 4.78 is 0. The Bertz CT molecular complexity index is 1240. The Morgan fingerprint density at radius 1 is 1.06 bits per heavy atom. The first-order valence-electron chi connectivity index (χ1n) is 9.23. The van der Waals surface area contributed by atoms with Crippen molar-refractivity contribution < 1.29 is 5.11 Å². The molecule has 0 bridgehead atoms. The largest absolute Gasteiger partial charge is 0.506 e. The first kappa shape index (κ1) is 21.7. The SMILES string of the molecule is CSc1cccc(Nc2nc(-c3ccccc3)c(/N=C/c3cc(Cl)cc(Cl)c3O)s2)c1. The van der Waals surface area contributed by atoms with Gasteiger partial charge >= 0.3 is 0 Å². The molecule has 1 heterocycles. The number of hydrogen-bond donors (Lipinski definition) is 2. The standard InChI is InChI=1S/C23H17Cl2N3OS2/c1-30-18-9-5-8-17(12-18)27-23-28-20(14-6-3-2-4-7-14)22(31-23)26-13-15-10-16(24)11-19(25)21(15)29/h2-13,29H,1H3,(H,27,28)/b26-13+. The number of aliphatic imine (C=N–C) groups is 1. The Labute approximate surface area is 198 Å². The Kier molecular flexibility index (Phi) is 6.83. The van der Waals surface area contributed by atoms with E-state index in [0.29, 0.717) is 15.6 Å². The Hall–Kier alpha value is -2.51. The molecule has 1 aromatic heterocycles. The Morgan fingerprint density at radius 3 is 2.65 bits per heavy atom. The topological polar surface area (TPSA) is 57.5 Å². The molecule has 4 aromatic rings. The normalized spacial score (nSPS) is 11.2. The van der Waals surface area contributed by atoms with E-state index in [4.69, 9.17) is 28.2 Å². The number of thioether (sulfide) groups is 1. The van der Waals surface area contributed by atoms with Crippen molar-refractivity contribution in [2.75, 3.05) is 11.6 Å². The molecule has 8 heteroatoms. The van der Waals surface area contributed by atoms with Gasteiger partial charge in [0, 0.05) is 32.9 Å². The molecule has 0 aliphatic carbocycles. The highest BCUT2D eigenvalue weighted by Crippen LogP contribution is 2.40. The van der Waals surface area contributed by atoms with Gasteiger partial charge < -0.3 is 10.4 Å². The van der Waals surface area contributed by atoms with Gasteiger partial charge in [0.15, 0.2) is 5.13 Å². The minimum Gasteiger partial charge on any atom is -0.506 e. The minimum atomic E-state index is -0.0622. The molecule has 2 N–H and O–H groups in total. The number of anilines is 2. The van der Waals surface area contributed by atoms with Crippen molar-refractivity contribution in [1.29, 1.82) is 0 Å². The van der Waals surface area contributed by atoms with Gasteiger partial charge in [0.25, 0.3) is 0 Å². The quantitative estimate of drug-likeness (QED) is 0.214. The van der Waals surface area contributed by atoms with Crippen LogP contribution < -0.4 is 5.32 Å². The number of thiazole rings is 1. The molecule has 0 fully saturated rings. The van der Waals surface area contributed by atoms with Gasteiger partial charge in [-0.05, 0) is 36.6 Å². The van der Waals surface area contributed by atoms with Crippen molar-refractivity contribution >= 4 is 68.3 Å². The molecule has 0 aliphatic heterocycles. The summed E-state index contributed by atoms with van der Waals surface area (Å²) in [6.07, 6.45) is 3.59. The number of phenolic OH excluding ortho intramolecular Hbond substituents is 1. The van der Waals surface area contributed by atoms with Crippen LogP contribution in [0.25, 0.3) is 11.3 Å². The average molecular weight is 486 g/mol. The molecular formula is C23H17Cl2N3OS2. The molecule has 0 saturated carbocycles. The highest BCUT2D eigenvalue weighted by molar-refractivity contribution is 7.98. The third-order valence-electron chi connectivity index (χ3n) is 4.36. The molecule has 3 aromatic carbocycles. The summed E-state index contributed by atoms with van der Waals surface area (Å²) in [6.45, 7) is 0. The van der Waals surface area contributed by atoms with E-state index in [-0.39, 0.29) is 10.8 Å². The van der Waals surface area contributed by atoms with Crippen molar-refractivity contribution in [2.45, 2.75) is 4.90 Å². The van der Waals surface area contributed by atoms with Crippen LogP contribution in [0.1, 0.15) is 5.56 Å². The fourth-order valence-corrected chi connectivity index (χ4v) is 4.70. The monoisotopic (exact) mass is 485 g/mol. The third kappa shape index (κ3) is 5.22. The van der Waals surface area contributed by atoms with Gasteiger partial charge in [-0.15, -0.1) is 11.8 Å². The van der Waals surface area contributed by atoms with Crippen molar-refractivity contribution in [1.82, 2.24) is 4.98 Å². The molecule has 4 nitrogen and oxygen atoms in total. The van der Waals surface area contributed by atoms with Gasteiger partial charge in [0.05, 0.1) is 5.02 Å². The summed E-state index contributed by atoms with van der Waals surface area (Å²) >= 11 is 15.2. The highest BCUT2D eigenvalue weighted by Gasteiger charge is 2.14. The maximum Gasteiger partial charge on any atom is 0.189 e. The predicted molar refractivity (Wildman–Crippen MR) is 134 cm³/mol. The lowest BCUT2D eigenvalue weighted by Crippen LogP contribution is -1.89. The van der Waals surface area contributed by atoms with E-state index in [0.717, 1.165) is 27.0 Å². The fourth-order valence-electron chi connectivity index (χ4n) is 2.87. The summed E-state index contributed by atoms with van der Waals surface area (Å²) in [5.74, 6) is -0.0622. The van der Waals surface area contributed by atoms with Gasteiger partial charge in [-0.2, -0.15) is 0 Å². The van der Waals surface area contributed by atoms with Crippen LogP contribution in [0.15, 0.2) is 76.6 Å². The lowest BCUT2D eigenvalue weighted by molar-refractivity contribution is 0.475. The van der Waals surface area contributed by atoms with Gasteiger partial charge in [-0.1, -0.05) is 70.9 Å². The number of nitrogens with one attached hydrogen (secondary N) is 1. The number of halogens is 2. The zero-order valence-electron chi connectivity index (χ0n) is 16.3. The van der Waals surface area contributed by atoms with Crippen LogP contribution in [-0.2, 0) is 0 Å². The van der Waals surface area contributed by atoms with Crippen LogP contribution in [0.5, 0.6) is 5.75 Å². The Balaban J connectivity index is 1.72. The van der Waals surface area contributed by atoms with E-state index in [1.54, 1.807) is 24.0 Å². The molecule has 31 heavy (non-hydrogen) atoms. The second kappa shape index (κ2) is 9.75. The number of rotatable bonds is 6. The summed E-state index contributed by atoms with van der Waals surface area (Å²) in [7, 11) is 0. The summed E-state index contributed by atoms with van der Waals surface area (Å²) in [6, 6.07) is 21.1. The highest BCUT2D eigenvalue weighted by atomic mass is 35.5. The van der Waals surface area contributed by atoms with Crippen LogP contribution in [0.2, 0.25) is 10.0 Å². The average Bonchev–Trinajstić information content (AvgIpc) is 3.18. The predicted octanol–water partition coefficient (Wildman–Crippen LogP) is 8.04. The molecular weight excluding hydrogens is 469 g/mol. The number of aromatic nitrogens is 1. The van der Waals surface area contributed by atoms with Crippen LogP contribution in [0, 0.1) is 0 Å². The molecule has 4 rings (SSSR count). The van der Waals surface area contributed by atoms with Crippen LogP contribution in [0.3, 0.4) is 0 Å². The van der Waals surface area contributed by atoms with Gasteiger partial charge in [0.1, 0.15) is 16.4 Å². The fraction of sp³-hybridized carbons (Fsp3) is 0.0435. The number of nitrogens with zero attached hydrogens (tertiary/aromatic N) is 2. The van der Waals surface area contributed by atoms with Gasteiger partial charge in [0.2, 0.25) is 0 Å². The van der Waals surface area contributed by atoms with E-state index >= 15 is 0 Å². The van der Waals surface area contributed by atoms with Gasteiger partial charge in [-0.3, -0.25) is 0 Å². The van der Waals surface area contributed by atoms with E-state index in [1.807, 2.05) is 48.7 Å². The number of phenols is 1. The molecule has 0 aliphatic rings. The molecule has 0 radical (unpaired) electrons. The zero-order valence-corrected chi connectivity index (χ0v) is 19.5. The maximum absolute atomic E-state index is 10.2. The third-order valence-corrected chi connectivity index (χ3v) is 6.47. The summed E-state index contributed by atoms with van der Waals surface area (Å²) in [5, 5.41) is 15.6. The first-order chi connectivity index (χ1) is 15.0. The second-order valence-corrected chi connectivity index (χ2v) is 9.18. The van der Waals surface area contributed by atoms with E-state index in [9.17, 15) is 5.11 Å². The van der Waals surface area contributed by atoms with Crippen LogP contribution >= 0.6 is 46.3 Å². The molecule has 0 saturated heterocycles. The van der Waals surface area contributed by atoms with Crippen molar-refractivity contribution in [3.8, 4) is 17.0 Å². The molecule has 0 atom stereocenters. The van der Waals surface area contributed by atoms with Crippen LogP contribution in [0.4, 0.5) is 15.8 Å². The van der Waals surface area contributed by atoms with Gasteiger partial charge in [-0.25, -0.2) is 9.98 Å². The minimum absolute atomic E-state index is 0.0622. The Morgan fingerprint density at radius 2 is 1.87 bits per heavy atom. The lowest BCUT2D eigenvalue weighted by atomic mass is 10.2. The maximum atomic E-state index is 10.2. The van der Waals surface area contributed by atoms with E-state index in [2.05, 4.69) is 22.4 Å². The molecule has 0 spiro atoms. The van der Waals surface area contributed by atoms with Crippen LogP contribution in [-0.4, -0.2) is 22.6 Å². The smallest absolute Gasteiger partial charge is 0.189 e. The summed E-state index contributed by atoms with van der Waals surface area (Å²) in [4.78, 5) is 10.5. The molecule has 156 valence electrons. The summed E-state index contributed by atoms with van der Waals surface area (Å²) in [5.41, 5.74) is 3.09. The lowest BCUT2D eigenvalue weighted by Gasteiger charge is -2.03. The zero-order chi connectivity index (χ0) is 21.8. The second-order valence-electron chi connectivity index (χ2n) is 6.48. The van der Waals surface area contributed by atoms with Crippen molar-refractivity contribution in [2.24, 2.45) is 4.99 Å². The number of hydrogen-bond acceptors (Lipinski definition) is 6. The number of benzene rings is 3. The van der Waals surface area contributed by atoms with E-state index in [1.165, 1.54) is 17.4 Å². The van der Waals surface area contributed by atoms with E-state index < -0.39 is 0 Å².